The topological polar surface area (TPSA) is 61.8 Å². The normalized spacial score (nSPS) is 11.0. The lowest BCUT2D eigenvalue weighted by Gasteiger charge is -2.00. The first-order valence-corrected chi connectivity index (χ1v) is 5.83. The Balaban J connectivity index is 2.19. The highest BCUT2D eigenvalue weighted by Gasteiger charge is 2.10. The first-order chi connectivity index (χ1) is 8.63. The number of halogens is 1. The van der Waals surface area contributed by atoms with Gasteiger partial charge in [0.05, 0.1) is 11.1 Å². The number of nitrogens with one attached hydrogen (secondary N) is 1. The van der Waals surface area contributed by atoms with Gasteiger partial charge >= 0.3 is 0 Å². The van der Waals surface area contributed by atoms with Crippen LogP contribution in [0.4, 0.5) is 0 Å². The first-order valence-electron chi connectivity index (χ1n) is 5.46. The van der Waals surface area contributed by atoms with E-state index in [4.69, 9.17) is 11.6 Å². The predicted molar refractivity (Wildman–Crippen MR) is 70.7 cm³/mol. The second-order valence-electron chi connectivity index (χ2n) is 4.07. The molecule has 0 aliphatic carbocycles. The maximum Gasteiger partial charge on any atom is 0.178 e. The van der Waals surface area contributed by atoms with Crippen molar-refractivity contribution in [1.82, 2.24) is 15.0 Å². The van der Waals surface area contributed by atoms with E-state index in [0.29, 0.717) is 22.1 Å². The van der Waals surface area contributed by atoms with Gasteiger partial charge in [-0.2, -0.15) is 0 Å². The van der Waals surface area contributed by atoms with Gasteiger partial charge in [0.15, 0.2) is 5.65 Å². The molecule has 0 fully saturated rings. The molecule has 18 heavy (non-hydrogen) atoms. The van der Waals surface area contributed by atoms with E-state index >= 15 is 0 Å². The minimum absolute atomic E-state index is 0.0956. The van der Waals surface area contributed by atoms with E-state index in [-0.39, 0.29) is 5.75 Å². The highest BCUT2D eigenvalue weighted by Crippen LogP contribution is 2.30. The average molecular weight is 260 g/mol. The lowest BCUT2D eigenvalue weighted by molar-refractivity contribution is 0.477. The fraction of sp³-hybridized carbons (Fsp3) is 0.0769. The van der Waals surface area contributed by atoms with Crippen molar-refractivity contribution < 1.29 is 5.11 Å². The summed E-state index contributed by atoms with van der Waals surface area (Å²) in [5, 5.41) is 10.3. The monoisotopic (exact) mass is 259 g/mol. The second-order valence-corrected chi connectivity index (χ2v) is 4.51. The number of aryl methyl sites for hydroxylation is 1. The number of imidazole rings is 1. The number of aromatic hydroxyl groups is 1. The van der Waals surface area contributed by atoms with Crippen LogP contribution in [0.15, 0.2) is 30.3 Å². The summed E-state index contributed by atoms with van der Waals surface area (Å²) in [5.41, 5.74) is 2.99. The molecule has 0 aliphatic rings. The minimum Gasteiger partial charge on any atom is -0.507 e. The van der Waals surface area contributed by atoms with Gasteiger partial charge in [0.1, 0.15) is 11.6 Å². The molecule has 3 rings (SSSR count). The van der Waals surface area contributed by atoms with Crippen LogP contribution in [0.2, 0.25) is 5.02 Å². The molecular weight excluding hydrogens is 250 g/mol. The molecule has 3 aromatic rings. The molecule has 0 unspecified atom stereocenters. The standard InChI is InChI=1S/C13H10ClN3O/c1-7-2-5-10-13(15-7)17-12(16-10)9-4-3-8(14)6-11(9)18/h2-6,18H,1H3,(H,15,16,17). The van der Waals surface area contributed by atoms with Crippen LogP contribution in [-0.4, -0.2) is 20.1 Å². The number of phenols is 1. The Morgan fingerprint density at radius 3 is 2.78 bits per heavy atom. The van der Waals surface area contributed by atoms with Gasteiger partial charge in [-0.3, -0.25) is 0 Å². The molecule has 0 radical (unpaired) electrons. The lowest BCUT2D eigenvalue weighted by atomic mass is 10.2. The Morgan fingerprint density at radius 2 is 2.00 bits per heavy atom. The van der Waals surface area contributed by atoms with Gasteiger partial charge in [0.25, 0.3) is 0 Å². The van der Waals surface area contributed by atoms with E-state index < -0.39 is 0 Å². The van der Waals surface area contributed by atoms with Crippen molar-refractivity contribution in [3.05, 3.63) is 41.0 Å². The summed E-state index contributed by atoms with van der Waals surface area (Å²) in [6.45, 7) is 1.91. The van der Waals surface area contributed by atoms with Crippen LogP contribution in [0.3, 0.4) is 0 Å². The predicted octanol–water partition coefficient (Wildman–Crippen LogP) is 3.29. The zero-order chi connectivity index (χ0) is 12.7. The zero-order valence-corrected chi connectivity index (χ0v) is 10.4. The Labute approximate surface area is 108 Å². The first kappa shape index (κ1) is 11.0. The van der Waals surface area contributed by atoms with Crippen molar-refractivity contribution in [2.45, 2.75) is 6.92 Å². The third-order valence-corrected chi connectivity index (χ3v) is 2.94. The molecule has 0 amide bonds. The maximum atomic E-state index is 9.86. The second kappa shape index (κ2) is 3.99. The number of aromatic amines is 1. The summed E-state index contributed by atoms with van der Waals surface area (Å²) in [7, 11) is 0. The van der Waals surface area contributed by atoms with Crippen molar-refractivity contribution in [2.24, 2.45) is 0 Å². The van der Waals surface area contributed by atoms with Crippen LogP contribution in [0.25, 0.3) is 22.6 Å². The Morgan fingerprint density at radius 1 is 1.17 bits per heavy atom. The average Bonchev–Trinajstić information content (AvgIpc) is 2.71. The van der Waals surface area contributed by atoms with Crippen LogP contribution in [0.5, 0.6) is 5.75 Å². The molecule has 4 nitrogen and oxygen atoms in total. The van der Waals surface area contributed by atoms with Crippen molar-refractivity contribution >= 4 is 22.8 Å². The molecule has 1 aromatic carbocycles. The van der Waals surface area contributed by atoms with Gasteiger partial charge in [-0.05, 0) is 37.3 Å². The molecule has 0 saturated carbocycles. The molecule has 0 spiro atoms. The Kier molecular flexibility index (Phi) is 2.45. The van der Waals surface area contributed by atoms with Crippen molar-refractivity contribution in [3.8, 4) is 17.1 Å². The van der Waals surface area contributed by atoms with Crippen LogP contribution < -0.4 is 0 Å². The van der Waals surface area contributed by atoms with E-state index in [1.165, 1.54) is 6.07 Å². The number of nitrogens with zero attached hydrogens (tertiary/aromatic N) is 2. The van der Waals surface area contributed by atoms with Gasteiger partial charge in [-0.25, -0.2) is 9.97 Å². The van der Waals surface area contributed by atoms with Crippen molar-refractivity contribution in [3.63, 3.8) is 0 Å². The Hall–Kier alpha value is -2.07. The van der Waals surface area contributed by atoms with E-state index in [0.717, 1.165) is 11.2 Å². The number of H-pyrrole nitrogens is 1. The number of hydrogen-bond donors (Lipinski definition) is 2. The molecule has 5 heteroatoms. The van der Waals surface area contributed by atoms with Gasteiger partial charge in [-0.15, -0.1) is 0 Å². The molecule has 0 atom stereocenters. The lowest BCUT2D eigenvalue weighted by Crippen LogP contribution is -1.82. The highest BCUT2D eigenvalue weighted by molar-refractivity contribution is 6.30. The van der Waals surface area contributed by atoms with E-state index in [2.05, 4.69) is 15.0 Å². The largest absolute Gasteiger partial charge is 0.507 e. The highest BCUT2D eigenvalue weighted by atomic mass is 35.5. The van der Waals surface area contributed by atoms with Gasteiger partial charge in [0.2, 0.25) is 0 Å². The van der Waals surface area contributed by atoms with Gasteiger partial charge < -0.3 is 10.1 Å². The van der Waals surface area contributed by atoms with E-state index in [1.807, 2.05) is 19.1 Å². The third-order valence-electron chi connectivity index (χ3n) is 2.70. The molecular formula is C13H10ClN3O. The molecule has 2 heterocycles. The summed E-state index contributed by atoms with van der Waals surface area (Å²) < 4.78 is 0. The summed E-state index contributed by atoms with van der Waals surface area (Å²) in [6.07, 6.45) is 0. The molecule has 0 bridgehead atoms. The van der Waals surface area contributed by atoms with E-state index in [1.54, 1.807) is 12.1 Å². The zero-order valence-electron chi connectivity index (χ0n) is 9.61. The molecule has 2 N–H and O–H groups in total. The Bertz CT molecular complexity index is 736. The quantitative estimate of drug-likeness (QED) is 0.705. The number of rotatable bonds is 1. The SMILES string of the molecule is Cc1ccc2[nH]c(-c3ccc(Cl)cc3O)nc2n1. The van der Waals surface area contributed by atoms with Crippen molar-refractivity contribution in [1.29, 1.82) is 0 Å². The summed E-state index contributed by atoms with van der Waals surface area (Å²) in [6, 6.07) is 8.75. The van der Waals surface area contributed by atoms with Gasteiger partial charge in [-0.1, -0.05) is 11.6 Å². The number of fused-ring (bicyclic) bond motifs is 1. The van der Waals surface area contributed by atoms with Crippen molar-refractivity contribution in [2.75, 3.05) is 0 Å². The minimum atomic E-state index is 0.0956. The number of benzene rings is 1. The van der Waals surface area contributed by atoms with Crippen LogP contribution in [0.1, 0.15) is 5.69 Å². The maximum absolute atomic E-state index is 9.86. The fourth-order valence-corrected chi connectivity index (χ4v) is 1.99. The third kappa shape index (κ3) is 1.80. The molecule has 90 valence electrons. The number of phenolic OH excluding ortho intramolecular Hbond substituents is 1. The van der Waals surface area contributed by atoms with Gasteiger partial charge in [0, 0.05) is 10.7 Å². The number of hydrogen-bond acceptors (Lipinski definition) is 3. The van der Waals surface area contributed by atoms with E-state index in [9.17, 15) is 5.11 Å². The molecule has 2 aromatic heterocycles. The summed E-state index contributed by atoms with van der Waals surface area (Å²) in [5.74, 6) is 0.676. The molecule has 0 aliphatic heterocycles. The van der Waals surface area contributed by atoms with Crippen LogP contribution in [-0.2, 0) is 0 Å². The molecule has 0 saturated heterocycles. The summed E-state index contributed by atoms with van der Waals surface area (Å²) >= 11 is 5.80. The number of aromatic nitrogens is 3. The van der Waals surface area contributed by atoms with Crippen LogP contribution >= 0.6 is 11.6 Å². The number of pyridine rings is 1. The summed E-state index contributed by atoms with van der Waals surface area (Å²) in [4.78, 5) is 11.8. The van der Waals surface area contributed by atoms with Crippen LogP contribution in [0, 0.1) is 6.92 Å². The smallest absolute Gasteiger partial charge is 0.178 e. The fourth-order valence-electron chi connectivity index (χ4n) is 1.82.